The van der Waals surface area contributed by atoms with Crippen molar-refractivity contribution in [3.63, 3.8) is 0 Å². The highest BCUT2D eigenvalue weighted by molar-refractivity contribution is 5.92. The van der Waals surface area contributed by atoms with Gasteiger partial charge in [0.2, 0.25) is 0 Å². The SMILES string of the molecule is CCCCCCCCCCNC(=O)c1ccc(NC)cn1. The monoisotopic (exact) mass is 291 g/mol. The summed E-state index contributed by atoms with van der Waals surface area (Å²) in [6, 6.07) is 3.60. The molecule has 1 aromatic rings. The Balaban J connectivity index is 2.05. The third-order valence-corrected chi connectivity index (χ3v) is 3.60. The standard InChI is InChI=1S/C17H29N3O/c1-3-4-5-6-7-8-9-10-13-19-17(21)16-12-11-15(18-2)14-20-16/h11-12,14,18H,3-10,13H2,1-2H3,(H,19,21). The predicted octanol–water partition coefficient (Wildman–Crippen LogP) is 3.99. The van der Waals surface area contributed by atoms with E-state index in [4.69, 9.17) is 0 Å². The van der Waals surface area contributed by atoms with Gasteiger partial charge < -0.3 is 10.6 Å². The summed E-state index contributed by atoms with van der Waals surface area (Å²) in [5, 5.41) is 5.91. The second-order valence-electron chi connectivity index (χ2n) is 5.41. The van der Waals surface area contributed by atoms with Gasteiger partial charge in [-0.2, -0.15) is 0 Å². The topological polar surface area (TPSA) is 54.0 Å². The molecule has 118 valence electrons. The molecule has 0 aliphatic carbocycles. The van der Waals surface area contributed by atoms with Gasteiger partial charge in [0.1, 0.15) is 5.69 Å². The van der Waals surface area contributed by atoms with Crippen LogP contribution in [0.25, 0.3) is 0 Å². The average Bonchev–Trinajstić information content (AvgIpc) is 2.53. The average molecular weight is 291 g/mol. The Hall–Kier alpha value is -1.58. The van der Waals surface area contributed by atoms with Gasteiger partial charge in [0.25, 0.3) is 5.91 Å². The molecule has 0 aromatic carbocycles. The number of nitrogens with zero attached hydrogens (tertiary/aromatic N) is 1. The zero-order valence-corrected chi connectivity index (χ0v) is 13.5. The fourth-order valence-electron chi connectivity index (χ4n) is 2.23. The molecule has 0 aliphatic heterocycles. The molecular weight excluding hydrogens is 262 g/mol. The Morgan fingerprint density at radius 2 is 1.71 bits per heavy atom. The molecule has 21 heavy (non-hydrogen) atoms. The summed E-state index contributed by atoms with van der Waals surface area (Å²) < 4.78 is 0. The lowest BCUT2D eigenvalue weighted by Gasteiger charge is -2.05. The molecule has 0 spiro atoms. The van der Waals surface area contributed by atoms with Crippen LogP contribution in [-0.4, -0.2) is 24.5 Å². The van der Waals surface area contributed by atoms with Crippen LogP contribution >= 0.6 is 0 Å². The van der Waals surface area contributed by atoms with Gasteiger partial charge in [0.05, 0.1) is 11.9 Å². The van der Waals surface area contributed by atoms with E-state index < -0.39 is 0 Å². The maximum atomic E-state index is 11.9. The first-order valence-corrected chi connectivity index (χ1v) is 8.20. The second-order valence-corrected chi connectivity index (χ2v) is 5.41. The molecule has 2 N–H and O–H groups in total. The maximum absolute atomic E-state index is 11.9. The Kier molecular flexibility index (Phi) is 9.25. The first kappa shape index (κ1) is 17.5. The fraction of sp³-hybridized carbons (Fsp3) is 0.647. The molecule has 1 heterocycles. The van der Waals surface area contributed by atoms with Crippen molar-refractivity contribution in [2.24, 2.45) is 0 Å². The van der Waals surface area contributed by atoms with Gasteiger partial charge in [0.15, 0.2) is 0 Å². The molecule has 0 radical (unpaired) electrons. The second kappa shape index (κ2) is 11.1. The van der Waals surface area contributed by atoms with Crippen LogP contribution in [0, 0.1) is 0 Å². The highest BCUT2D eigenvalue weighted by atomic mass is 16.1. The first-order valence-electron chi connectivity index (χ1n) is 8.20. The van der Waals surface area contributed by atoms with Gasteiger partial charge in [-0.25, -0.2) is 4.98 Å². The van der Waals surface area contributed by atoms with E-state index in [-0.39, 0.29) is 5.91 Å². The van der Waals surface area contributed by atoms with Crippen molar-refractivity contribution in [1.82, 2.24) is 10.3 Å². The van der Waals surface area contributed by atoms with Crippen molar-refractivity contribution in [2.75, 3.05) is 18.9 Å². The van der Waals surface area contributed by atoms with E-state index in [2.05, 4.69) is 22.5 Å². The first-order chi connectivity index (χ1) is 10.3. The third-order valence-electron chi connectivity index (χ3n) is 3.60. The van der Waals surface area contributed by atoms with Crippen LogP contribution in [0.2, 0.25) is 0 Å². The molecule has 0 aliphatic rings. The summed E-state index contributed by atoms with van der Waals surface area (Å²) in [6.45, 7) is 2.98. The molecule has 1 aromatic heterocycles. The van der Waals surface area contributed by atoms with Crippen molar-refractivity contribution >= 4 is 11.6 Å². The Morgan fingerprint density at radius 3 is 2.29 bits per heavy atom. The number of nitrogens with one attached hydrogen (secondary N) is 2. The predicted molar refractivity (Wildman–Crippen MR) is 88.7 cm³/mol. The van der Waals surface area contributed by atoms with Gasteiger partial charge in [0, 0.05) is 13.6 Å². The highest BCUT2D eigenvalue weighted by Gasteiger charge is 2.05. The van der Waals surface area contributed by atoms with Gasteiger partial charge in [-0.15, -0.1) is 0 Å². The molecule has 0 atom stereocenters. The number of hydrogen-bond donors (Lipinski definition) is 2. The van der Waals surface area contributed by atoms with Crippen LogP contribution in [-0.2, 0) is 0 Å². The summed E-state index contributed by atoms with van der Waals surface area (Å²) in [5.74, 6) is -0.0828. The minimum Gasteiger partial charge on any atom is -0.387 e. The zero-order chi connectivity index (χ0) is 15.3. The van der Waals surface area contributed by atoms with E-state index in [1.54, 1.807) is 12.3 Å². The van der Waals surface area contributed by atoms with E-state index in [9.17, 15) is 4.79 Å². The van der Waals surface area contributed by atoms with Gasteiger partial charge in [-0.3, -0.25) is 4.79 Å². The van der Waals surface area contributed by atoms with Gasteiger partial charge in [-0.1, -0.05) is 51.9 Å². The molecule has 4 heteroatoms. The lowest BCUT2D eigenvalue weighted by atomic mass is 10.1. The van der Waals surface area contributed by atoms with Crippen molar-refractivity contribution in [3.05, 3.63) is 24.0 Å². The van der Waals surface area contributed by atoms with Gasteiger partial charge >= 0.3 is 0 Å². The number of anilines is 1. The van der Waals surface area contributed by atoms with Crippen LogP contribution in [0.15, 0.2) is 18.3 Å². The molecule has 0 saturated carbocycles. The molecule has 0 unspecified atom stereocenters. The van der Waals surface area contributed by atoms with Crippen molar-refractivity contribution < 1.29 is 4.79 Å². The van der Waals surface area contributed by atoms with Crippen LogP contribution in [0.3, 0.4) is 0 Å². The molecule has 0 bridgehead atoms. The van der Waals surface area contributed by atoms with Crippen LogP contribution in [0.1, 0.15) is 68.8 Å². The van der Waals surface area contributed by atoms with E-state index in [1.807, 2.05) is 13.1 Å². The molecule has 4 nitrogen and oxygen atoms in total. The number of aromatic nitrogens is 1. The number of hydrogen-bond acceptors (Lipinski definition) is 3. The van der Waals surface area contributed by atoms with Crippen molar-refractivity contribution in [2.45, 2.75) is 58.3 Å². The number of carbonyl (C=O) groups excluding carboxylic acids is 1. The number of amides is 1. The van der Waals surface area contributed by atoms with E-state index >= 15 is 0 Å². The van der Waals surface area contributed by atoms with Crippen molar-refractivity contribution in [1.29, 1.82) is 0 Å². The van der Waals surface area contributed by atoms with E-state index in [0.717, 1.165) is 18.7 Å². The van der Waals surface area contributed by atoms with E-state index in [0.29, 0.717) is 5.69 Å². The van der Waals surface area contributed by atoms with Crippen LogP contribution in [0.4, 0.5) is 5.69 Å². The number of unbranched alkanes of at least 4 members (excludes halogenated alkanes) is 7. The lowest BCUT2D eigenvalue weighted by Crippen LogP contribution is -2.25. The molecule has 0 fully saturated rings. The summed E-state index contributed by atoms with van der Waals surface area (Å²) in [7, 11) is 1.83. The molecule has 1 amide bonds. The molecular formula is C17H29N3O. The normalized spacial score (nSPS) is 10.4. The number of pyridine rings is 1. The summed E-state index contributed by atoms with van der Waals surface area (Å²) in [6.07, 6.45) is 11.9. The quantitative estimate of drug-likeness (QED) is 0.606. The Labute approximate surface area is 128 Å². The minimum absolute atomic E-state index is 0.0828. The van der Waals surface area contributed by atoms with Crippen molar-refractivity contribution in [3.8, 4) is 0 Å². The van der Waals surface area contributed by atoms with Crippen LogP contribution < -0.4 is 10.6 Å². The lowest BCUT2D eigenvalue weighted by molar-refractivity contribution is 0.0948. The third kappa shape index (κ3) is 7.69. The Morgan fingerprint density at radius 1 is 1.05 bits per heavy atom. The maximum Gasteiger partial charge on any atom is 0.269 e. The largest absolute Gasteiger partial charge is 0.387 e. The Bertz CT molecular complexity index is 390. The highest BCUT2D eigenvalue weighted by Crippen LogP contribution is 2.08. The summed E-state index contributed by atoms with van der Waals surface area (Å²) in [5.41, 5.74) is 1.39. The minimum atomic E-state index is -0.0828. The van der Waals surface area contributed by atoms with E-state index in [1.165, 1.54) is 44.9 Å². The smallest absolute Gasteiger partial charge is 0.269 e. The summed E-state index contributed by atoms with van der Waals surface area (Å²) >= 11 is 0. The zero-order valence-electron chi connectivity index (χ0n) is 13.5. The number of carbonyl (C=O) groups is 1. The molecule has 1 rings (SSSR count). The van der Waals surface area contributed by atoms with Gasteiger partial charge in [-0.05, 0) is 18.6 Å². The van der Waals surface area contributed by atoms with Crippen LogP contribution in [0.5, 0.6) is 0 Å². The molecule has 0 saturated heterocycles. The summed E-state index contributed by atoms with van der Waals surface area (Å²) in [4.78, 5) is 16.0. The fourth-order valence-corrected chi connectivity index (χ4v) is 2.23. The number of rotatable bonds is 11.